The van der Waals surface area contributed by atoms with Gasteiger partial charge in [0.25, 0.3) is 5.91 Å². The SMILES string of the molecule is Nc1cc(C(=O)NS(=O)(=O)C2CC2)ccc1Br. The minimum Gasteiger partial charge on any atom is -0.398 e. The van der Waals surface area contributed by atoms with Gasteiger partial charge in [-0.3, -0.25) is 4.79 Å². The monoisotopic (exact) mass is 318 g/mol. The number of anilines is 1. The van der Waals surface area contributed by atoms with Gasteiger partial charge in [-0.15, -0.1) is 0 Å². The van der Waals surface area contributed by atoms with Crippen LogP contribution >= 0.6 is 15.9 Å². The van der Waals surface area contributed by atoms with Gasteiger partial charge in [0.1, 0.15) is 0 Å². The van der Waals surface area contributed by atoms with Gasteiger partial charge >= 0.3 is 0 Å². The van der Waals surface area contributed by atoms with Gasteiger partial charge in [-0.1, -0.05) is 0 Å². The molecule has 0 spiro atoms. The maximum Gasteiger partial charge on any atom is 0.264 e. The molecule has 1 aromatic rings. The zero-order chi connectivity index (χ0) is 12.6. The first-order valence-corrected chi connectivity index (χ1v) is 7.35. The molecule has 3 N–H and O–H groups in total. The highest BCUT2D eigenvalue weighted by molar-refractivity contribution is 9.10. The molecule has 1 aliphatic carbocycles. The van der Waals surface area contributed by atoms with Gasteiger partial charge in [-0.2, -0.15) is 0 Å². The number of halogens is 1. The fourth-order valence-electron chi connectivity index (χ4n) is 1.33. The lowest BCUT2D eigenvalue weighted by atomic mass is 10.2. The zero-order valence-electron chi connectivity index (χ0n) is 8.81. The summed E-state index contributed by atoms with van der Waals surface area (Å²) < 4.78 is 25.8. The predicted molar refractivity (Wildman–Crippen MR) is 68.0 cm³/mol. The van der Waals surface area contributed by atoms with Gasteiger partial charge in [0.15, 0.2) is 0 Å². The second-order valence-corrected chi connectivity index (χ2v) is 6.73. The molecule has 1 fully saturated rings. The van der Waals surface area contributed by atoms with E-state index in [0.29, 0.717) is 23.0 Å². The third kappa shape index (κ3) is 2.78. The van der Waals surface area contributed by atoms with Crippen LogP contribution in [-0.2, 0) is 10.0 Å². The molecule has 5 nitrogen and oxygen atoms in total. The molecule has 0 bridgehead atoms. The number of amides is 1. The Bertz CT molecular complexity index is 567. The topological polar surface area (TPSA) is 89.3 Å². The molecule has 2 rings (SSSR count). The molecule has 0 unspecified atom stereocenters. The van der Waals surface area contributed by atoms with E-state index >= 15 is 0 Å². The summed E-state index contributed by atoms with van der Waals surface area (Å²) in [5, 5.41) is -0.417. The summed E-state index contributed by atoms with van der Waals surface area (Å²) in [5.41, 5.74) is 6.24. The Hall–Kier alpha value is -1.08. The second kappa shape index (κ2) is 4.30. The summed E-state index contributed by atoms with van der Waals surface area (Å²) in [6.07, 6.45) is 1.23. The van der Waals surface area contributed by atoms with Crippen molar-refractivity contribution in [3.63, 3.8) is 0 Å². The summed E-state index contributed by atoms with van der Waals surface area (Å²) in [7, 11) is -3.51. The smallest absolute Gasteiger partial charge is 0.264 e. The van der Waals surface area contributed by atoms with Crippen LogP contribution in [0.3, 0.4) is 0 Å². The number of hydrogen-bond acceptors (Lipinski definition) is 4. The van der Waals surface area contributed by atoms with Crippen molar-refractivity contribution >= 4 is 37.5 Å². The average Bonchev–Trinajstić information content (AvgIpc) is 3.04. The quantitative estimate of drug-likeness (QED) is 0.821. The van der Waals surface area contributed by atoms with Crippen LogP contribution in [0.4, 0.5) is 5.69 Å². The fourth-order valence-corrected chi connectivity index (χ4v) is 2.88. The molecule has 0 radical (unpaired) electrons. The zero-order valence-corrected chi connectivity index (χ0v) is 11.2. The van der Waals surface area contributed by atoms with Crippen molar-refractivity contribution in [1.82, 2.24) is 4.72 Å². The van der Waals surface area contributed by atoms with E-state index < -0.39 is 21.2 Å². The van der Waals surface area contributed by atoms with Crippen molar-refractivity contribution in [2.45, 2.75) is 18.1 Å². The molecule has 1 aliphatic rings. The molecule has 17 heavy (non-hydrogen) atoms. The number of benzene rings is 1. The van der Waals surface area contributed by atoms with Crippen molar-refractivity contribution in [3.8, 4) is 0 Å². The maximum atomic E-state index is 11.7. The molecule has 92 valence electrons. The van der Waals surface area contributed by atoms with E-state index in [0.717, 1.165) is 0 Å². The number of carbonyl (C=O) groups excluding carboxylic acids is 1. The van der Waals surface area contributed by atoms with Crippen molar-refractivity contribution in [1.29, 1.82) is 0 Å². The van der Waals surface area contributed by atoms with Crippen LogP contribution in [-0.4, -0.2) is 19.6 Å². The minimum absolute atomic E-state index is 0.231. The number of nitrogen functional groups attached to an aromatic ring is 1. The van der Waals surface area contributed by atoms with E-state index in [1.807, 2.05) is 4.72 Å². The van der Waals surface area contributed by atoms with Gasteiger partial charge < -0.3 is 5.73 Å². The van der Waals surface area contributed by atoms with Crippen LogP contribution in [0.15, 0.2) is 22.7 Å². The maximum absolute atomic E-state index is 11.7. The number of sulfonamides is 1. The highest BCUT2D eigenvalue weighted by atomic mass is 79.9. The standard InChI is InChI=1S/C10H11BrN2O3S/c11-8-4-1-6(5-9(8)12)10(14)13-17(15,16)7-2-3-7/h1,4-5,7H,2-3,12H2,(H,13,14). The summed E-state index contributed by atoms with van der Waals surface area (Å²) in [6.45, 7) is 0. The third-order valence-corrected chi connectivity index (χ3v) is 5.00. The number of hydrogen-bond donors (Lipinski definition) is 2. The molecule has 1 amide bonds. The molecular weight excluding hydrogens is 308 g/mol. The normalized spacial score (nSPS) is 15.6. The average molecular weight is 319 g/mol. The molecular formula is C10H11BrN2O3S. The summed E-state index contributed by atoms with van der Waals surface area (Å²) in [5.74, 6) is -0.642. The van der Waals surface area contributed by atoms with Gasteiger partial charge in [0.05, 0.1) is 5.25 Å². The van der Waals surface area contributed by atoms with Gasteiger partial charge in [0.2, 0.25) is 10.0 Å². The number of rotatable bonds is 3. The third-order valence-electron chi connectivity index (χ3n) is 2.46. The number of nitrogens with two attached hydrogens (primary N) is 1. The van der Waals surface area contributed by atoms with E-state index in [9.17, 15) is 13.2 Å². The second-order valence-electron chi connectivity index (χ2n) is 3.91. The first-order chi connectivity index (χ1) is 7.90. The molecule has 7 heteroatoms. The van der Waals surface area contributed by atoms with Gasteiger partial charge in [-0.05, 0) is 47.0 Å². The Labute approximate surface area is 108 Å². The Balaban J connectivity index is 2.17. The van der Waals surface area contributed by atoms with E-state index in [1.54, 1.807) is 6.07 Å². The van der Waals surface area contributed by atoms with Gasteiger partial charge in [-0.25, -0.2) is 13.1 Å². The Morgan fingerprint density at radius 2 is 2.06 bits per heavy atom. The van der Waals surface area contributed by atoms with E-state index in [4.69, 9.17) is 5.73 Å². The molecule has 0 aromatic heterocycles. The molecule has 1 aromatic carbocycles. The minimum atomic E-state index is -3.51. The van der Waals surface area contributed by atoms with E-state index in [2.05, 4.69) is 15.9 Å². The largest absolute Gasteiger partial charge is 0.398 e. The highest BCUT2D eigenvalue weighted by Crippen LogP contribution is 2.27. The fraction of sp³-hybridized carbons (Fsp3) is 0.300. The van der Waals surface area contributed by atoms with Crippen molar-refractivity contribution < 1.29 is 13.2 Å². The van der Waals surface area contributed by atoms with Crippen LogP contribution in [0.1, 0.15) is 23.2 Å². The lowest BCUT2D eigenvalue weighted by molar-refractivity contribution is 0.0981. The van der Waals surface area contributed by atoms with Crippen molar-refractivity contribution in [3.05, 3.63) is 28.2 Å². The van der Waals surface area contributed by atoms with Crippen LogP contribution in [0, 0.1) is 0 Å². The Kier molecular flexibility index (Phi) is 3.13. The van der Waals surface area contributed by atoms with E-state index in [-0.39, 0.29) is 5.56 Å². The van der Waals surface area contributed by atoms with Crippen molar-refractivity contribution in [2.75, 3.05) is 5.73 Å². The first-order valence-electron chi connectivity index (χ1n) is 5.01. The highest BCUT2D eigenvalue weighted by Gasteiger charge is 2.36. The molecule has 1 saturated carbocycles. The van der Waals surface area contributed by atoms with Crippen LogP contribution < -0.4 is 10.5 Å². The first kappa shape index (κ1) is 12.4. The van der Waals surface area contributed by atoms with Crippen molar-refractivity contribution in [2.24, 2.45) is 0 Å². The van der Waals surface area contributed by atoms with Crippen LogP contribution in [0.2, 0.25) is 0 Å². The summed E-state index contributed by atoms with van der Waals surface area (Å²) >= 11 is 3.20. The molecule has 0 heterocycles. The number of carbonyl (C=O) groups is 1. The molecule has 0 atom stereocenters. The lowest BCUT2D eigenvalue weighted by Gasteiger charge is -2.06. The summed E-state index contributed by atoms with van der Waals surface area (Å²) in [6, 6.07) is 4.55. The van der Waals surface area contributed by atoms with E-state index in [1.165, 1.54) is 12.1 Å². The van der Waals surface area contributed by atoms with Crippen LogP contribution in [0.5, 0.6) is 0 Å². The Morgan fingerprint density at radius 1 is 1.41 bits per heavy atom. The predicted octanol–water partition coefficient (Wildman–Crippen LogP) is 1.25. The lowest BCUT2D eigenvalue weighted by Crippen LogP contribution is -2.33. The van der Waals surface area contributed by atoms with Gasteiger partial charge in [0, 0.05) is 15.7 Å². The molecule has 0 aliphatic heterocycles. The Morgan fingerprint density at radius 3 is 2.59 bits per heavy atom. The van der Waals surface area contributed by atoms with Crippen LogP contribution in [0.25, 0.3) is 0 Å². The summed E-state index contributed by atoms with van der Waals surface area (Å²) in [4.78, 5) is 11.7. The number of nitrogens with one attached hydrogen (secondary N) is 1. The molecule has 0 saturated heterocycles.